The molecular formula is C26H24N2O4. The van der Waals surface area contributed by atoms with Crippen LogP contribution in [0.1, 0.15) is 24.0 Å². The van der Waals surface area contributed by atoms with E-state index >= 15 is 0 Å². The minimum absolute atomic E-state index is 0.0104. The number of nitrogens with one attached hydrogen (secondary N) is 1. The summed E-state index contributed by atoms with van der Waals surface area (Å²) in [7, 11) is 0. The average Bonchev–Trinajstić information content (AvgIpc) is 3.48. The van der Waals surface area contributed by atoms with Crippen molar-refractivity contribution >= 4 is 17.1 Å². The number of nitrogens with zero attached hydrogens (tertiary/aromatic N) is 1. The SMILES string of the molecule is Cc1c(-c2ccccc2)cccc1-c1nc2cc(COC(=O)[C@@H]3CCCN3)c(O)cc2o1. The van der Waals surface area contributed by atoms with Gasteiger partial charge in [-0.1, -0.05) is 42.5 Å². The van der Waals surface area contributed by atoms with E-state index in [1.165, 1.54) is 6.07 Å². The van der Waals surface area contributed by atoms with Gasteiger partial charge in [0.25, 0.3) is 0 Å². The lowest BCUT2D eigenvalue weighted by Crippen LogP contribution is -2.32. The van der Waals surface area contributed by atoms with E-state index in [1.807, 2.05) is 37.3 Å². The van der Waals surface area contributed by atoms with Gasteiger partial charge >= 0.3 is 5.97 Å². The number of carbonyl (C=O) groups is 1. The highest BCUT2D eigenvalue weighted by molar-refractivity contribution is 5.82. The first-order valence-electron chi connectivity index (χ1n) is 10.8. The molecule has 1 fully saturated rings. The van der Waals surface area contributed by atoms with E-state index in [1.54, 1.807) is 6.07 Å². The molecule has 32 heavy (non-hydrogen) atoms. The molecule has 1 aliphatic heterocycles. The molecule has 162 valence electrons. The molecule has 0 spiro atoms. The Morgan fingerprint density at radius 2 is 1.97 bits per heavy atom. The highest BCUT2D eigenvalue weighted by Gasteiger charge is 2.24. The lowest BCUT2D eigenvalue weighted by molar-refractivity contribution is -0.147. The molecule has 0 aliphatic carbocycles. The predicted octanol–water partition coefficient (Wildman–Crippen LogP) is 4.97. The molecule has 0 amide bonds. The minimum atomic E-state index is -0.295. The number of phenolic OH excluding ortho intramolecular Hbond substituents is 1. The summed E-state index contributed by atoms with van der Waals surface area (Å²) in [5.74, 6) is 0.206. The first-order valence-corrected chi connectivity index (χ1v) is 10.8. The number of rotatable bonds is 5. The fourth-order valence-corrected chi connectivity index (χ4v) is 4.17. The molecule has 2 N–H and O–H groups in total. The van der Waals surface area contributed by atoms with E-state index in [0.717, 1.165) is 41.6 Å². The molecule has 1 aliphatic rings. The summed E-state index contributed by atoms with van der Waals surface area (Å²) in [6.07, 6.45) is 1.74. The van der Waals surface area contributed by atoms with Crippen LogP contribution in [0.15, 0.2) is 65.1 Å². The fraction of sp³-hybridized carbons (Fsp3) is 0.231. The predicted molar refractivity (Wildman–Crippen MR) is 122 cm³/mol. The van der Waals surface area contributed by atoms with Crippen molar-refractivity contribution in [3.05, 3.63) is 71.8 Å². The van der Waals surface area contributed by atoms with E-state index in [2.05, 4.69) is 28.5 Å². The molecule has 2 heterocycles. The molecular weight excluding hydrogens is 404 g/mol. The third-order valence-electron chi connectivity index (χ3n) is 5.95. The van der Waals surface area contributed by atoms with Crippen molar-refractivity contribution in [1.29, 1.82) is 0 Å². The van der Waals surface area contributed by atoms with Crippen LogP contribution in [-0.2, 0) is 16.1 Å². The zero-order valence-electron chi connectivity index (χ0n) is 17.8. The summed E-state index contributed by atoms with van der Waals surface area (Å²) < 4.78 is 11.4. The van der Waals surface area contributed by atoms with Gasteiger partial charge in [0.05, 0.1) is 0 Å². The molecule has 3 aromatic carbocycles. The molecule has 6 nitrogen and oxygen atoms in total. The number of benzene rings is 3. The molecule has 0 saturated carbocycles. The Labute approximate surface area is 185 Å². The summed E-state index contributed by atoms with van der Waals surface area (Å²) in [6.45, 7) is 2.86. The maximum atomic E-state index is 12.2. The second kappa shape index (κ2) is 8.48. The highest BCUT2D eigenvalue weighted by atomic mass is 16.5. The van der Waals surface area contributed by atoms with E-state index in [-0.39, 0.29) is 24.4 Å². The maximum Gasteiger partial charge on any atom is 0.323 e. The van der Waals surface area contributed by atoms with Crippen LogP contribution in [-0.4, -0.2) is 28.6 Å². The van der Waals surface area contributed by atoms with E-state index in [9.17, 15) is 9.90 Å². The smallest absolute Gasteiger partial charge is 0.323 e. The van der Waals surface area contributed by atoms with Crippen LogP contribution >= 0.6 is 0 Å². The second-order valence-corrected chi connectivity index (χ2v) is 8.07. The maximum absolute atomic E-state index is 12.2. The normalized spacial score (nSPS) is 15.8. The molecule has 1 aromatic heterocycles. The Morgan fingerprint density at radius 1 is 1.16 bits per heavy atom. The van der Waals surface area contributed by atoms with Crippen LogP contribution in [0.3, 0.4) is 0 Å². The molecule has 1 atom stereocenters. The third kappa shape index (κ3) is 3.85. The summed E-state index contributed by atoms with van der Waals surface area (Å²) >= 11 is 0. The van der Waals surface area contributed by atoms with Crippen LogP contribution in [0.25, 0.3) is 33.7 Å². The van der Waals surface area contributed by atoms with Crippen LogP contribution < -0.4 is 5.32 Å². The van der Waals surface area contributed by atoms with Gasteiger partial charge in [-0.15, -0.1) is 0 Å². The number of phenols is 1. The zero-order valence-corrected chi connectivity index (χ0v) is 17.8. The number of fused-ring (bicyclic) bond motifs is 1. The van der Waals surface area contributed by atoms with Crippen LogP contribution in [0.5, 0.6) is 5.75 Å². The third-order valence-corrected chi connectivity index (χ3v) is 5.95. The van der Waals surface area contributed by atoms with Crippen molar-refractivity contribution in [3.63, 3.8) is 0 Å². The van der Waals surface area contributed by atoms with Gasteiger partial charge in [-0.25, -0.2) is 4.98 Å². The largest absolute Gasteiger partial charge is 0.507 e. The molecule has 6 heteroatoms. The van der Waals surface area contributed by atoms with Gasteiger partial charge in [-0.2, -0.15) is 0 Å². The summed E-state index contributed by atoms with van der Waals surface area (Å²) in [4.78, 5) is 16.8. The first-order chi connectivity index (χ1) is 15.6. The van der Waals surface area contributed by atoms with E-state index in [4.69, 9.17) is 9.15 Å². The molecule has 1 saturated heterocycles. The fourth-order valence-electron chi connectivity index (χ4n) is 4.17. The van der Waals surface area contributed by atoms with Crippen molar-refractivity contribution in [2.75, 3.05) is 6.54 Å². The lowest BCUT2D eigenvalue weighted by Gasteiger charge is -2.11. The quantitative estimate of drug-likeness (QED) is 0.437. The topological polar surface area (TPSA) is 84.6 Å². The van der Waals surface area contributed by atoms with Gasteiger partial charge in [-0.05, 0) is 55.1 Å². The Balaban J connectivity index is 1.43. The number of hydrogen-bond acceptors (Lipinski definition) is 6. The van der Waals surface area contributed by atoms with Gasteiger partial charge in [0.1, 0.15) is 23.9 Å². The van der Waals surface area contributed by atoms with Gasteiger partial charge in [0, 0.05) is 17.2 Å². The number of ether oxygens (including phenoxy) is 1. The Kier molecular flexibility index (Phi) is 5.37. The van der Waals surface area contributed by atoms with Crippen molar-refractivity contribution in [3.8, 4) is 28.3 Å². The average molecular weight is 428 g/mol. The number of aromatic nitrogens is 1. The molecule has 0 radical (unpaired) electrons. The Hall–Kier alpha value is -3.64. The van der Waals surface area contributed by atoms with E-state index in [0.29, 0.717) is 22.6 Å². The Morgan fingerprint density at radius 3 is 2.75 bits per heavy atom. The Bertz CT molecular complexity index is 1270. The second-order valence-electron chi connectivity index (χ2n) is 8.07. The molecule has 4 aromatic rings. The zero-order chi connectivity index (χ0) is 22.1. The highest BCUT2D eigenvalue weighted by Crippen LogP contribution is 2.34. The summed E-state index contributed by atoms with van der Waals surface area (Å²) in [5, 5.41) is 13.5. The lowest BCUT2D eigenvalue weighted by atomic mass is 9.96. The van der Waals surface area contributed by atoms with Crippen LogP contribution in [0.2, 0.25) is 0 Å². The summed E-state index contributed by atoms with van der Waals surface area (Å²) in [6, 6.07) is 19.2. The minimum Gasteiger partial charge on any atom is -0.507 e. The number of hydrogen-bond donors (Lipinski definition) is 2. The van der Waals surface area contributed by atoms with Gasteiger partial charge in [-0.3, -0.25) is 4.79 Å². The number of esters is 1. The van der Waals surface area contributed by atoms with Gasteiger partial charge < -0.3 is 19.6 Å². The monoisotopic (exact) mass is 428 g/mol. The van der Waals surface area contributed by atoms with Crippen molar-refractivity contribution in [1.82, 2.24) is 10.3 Å². The van der Waals surface area contributed by atoms with Gasteiger partial charge in [0.2, 0.25) is 5.89 Å². The number of aromatic hydroxyl groups is 1. The van der Waals surface area contributed by atoms with E-state index < -0.39 is 0 Å². The van der Waals surface area contributed by atoms with Crippen molar-refractivity contribution in [2.45, 2.75) is 32.4 Å². The summed E-state index contributed by atoms with van der Waals surface area (Å²) in [5.41, 5.74) is 5.78. The van der Waals surface area contributed by atoms with Crippen LogP contribution in [0.4, 0.5) is 0 Å². The first kappa shape index (κ1) is 20.3. The number of oxazole rings is 1. The van der Waals surface area contributed by atoms with Gasteiger partial charge in [0.15, 0.2) is 5.58 Å². The molecule has 0 bridgehead atoms. The van der Waals surface area contributed by atoms with Crippen molar-refractivity contribution < 1.29 is 19.1 Å². The molecule has 0 unspecified atom stereocenters. The van der Waals surface area contributed by atoms with Crippen LogP contribution in [0, 0.1) is 6.92 Å². The standard InChI is InChI=1S/C26H24N2O4/c1-16-19(17-7-3-2-4-8-17)9-5-10-20(16)25-28-22-13-18(23(29)14-24(22)32-25)15-31-26(30)21-11-6-12-27-21/h2-5,7-10,13-14,21,27,29H,6,11-12,15H2,1H3/t21-/m0/s1. The number of carbonyl (C=O) groups excluding carboxylic acids is 1. The molecule has 5 rings (SSSR count). The van der Waals surface area contributed by atoms with Crippen molar-refractivity contribution in [2.24, 2.45) is 0 Å².